The second-order valence-electron chi connectivity index (χ2n) is 2.73. The molecule has 0 fully saturated rings. The normalized spacial score (nSPS) is 14.6. The predicted molar refractivity (Wildman–Crippen MR) is 50.9 cm³/mol. The number of benzene rings is 1. The summed E-state index contributed by atoms with van der Waals surface area (Å²) >= 11 is 3.45. The summed E-state index contributed by atoms with van der Waals surface area (Å²) in [6.45, 7) is 0.751. The number of fused-ring (bicyclic) bond motifs is 1. The van der Waals surface area contributed by atoms with Crippen LogP contribution in [0, 0.1) is 0 Å². The molecular formula is C9H7BrNO. The van der Waals surface area contributed by atoms with Gasteiger partial charge in [0.1, 0.15) is 0 Å². The Morgan fingerprint density at radius 2 is 2.33 bits per heavy atom. The zero-order valence-electron chi connectivity index (χ0n) is 6.38. The van der Waals surface area contributed by atoms with Crippen LogP contribution < -0.4 is 4.90 Å². The Labute approximate surface area is 79.3 Å². The first-order valence-corrected chi connectivity index (χ1v) is 4.55. The van der Waals surface area contributed by atoms with Gasteiger partial charge in [-0.15, -0.1) is 0 Å². The van der Waals surface area contributed by atoms with Crippen molar-refractivity contribution >= 4 is 28.0 Å². The first-order chi connectivity index (χ1) is 5.83. The van der Waals surface area contributed by atoms with E-state index in [0.29, 0.717) is 0 Å². The van der Waals surface area contributed by atoms with Crippen molar-refractivity contribution in [1.82, 2.24) is 0 Å². The molecule has 1 aliphatic rings. The van der Waals surface area contributed by atoms with Crippen LogP contribution in [0.3, 0.4) is 0 Å². The minimum Gasteiger partial charge on any atom is -0.303 e. The third-order valence-electron chi connectivity index (χ3n) is 2.08. The van der Waals surface area contributed by atoms with Gasteiger partial charge in [-0.3, -0.25) is 4.79 Å². The third-order valence-corrected chi connectivity index (χ3v) is 2.82. The van der Waals surface area contributed by atoms with Gasteiger partial charge in [-0.2, -0.15) is 0 Å². The number of nitrogens with zero attached hydrogens (tertiary/aromatic N) is 1. The SMILES string of the molecule is O=[C]N1CCc2c(Br)cccc21. The highest BCUT2D eigenvalue weighted by Crippen LogP contribution is 2.32. The Hall–Kier alpha value is -0.830. The molecule has 0 aliphatic carbocycles. The van der Waals surface area contributed by atoms with Gasteiger partial charge >= 0.3 is 6.41 Å². The summed E-state index contributed by atoms with van der Waals surface area (Å²) < 4.78 is 1.08. The molecule has 0 saturated heterocycles. The van der Waals surface area contributed by atoms with Gasteiger partial charge < -0.3 is 4.90 Å². The maximum atomic E-state index is 10.5. The first kappa shape index (κ1) is 7.80. The summed E-state index contributed by atoms with van der Waals surface area (Å²) in [5, 5.41) is 0. The van der Waals surface area contributed by atoms with Gasteiger partial charge in [0.25, 0.3) is 0 Å². The Balaban J connectivity index is 2.52. The fourth-order valence-electron chi connectivity index (χ4n) is 1.49. The van der Waals surface area contributed by atoms with Crippen molar-refractivity contribution < 1.29 is 4.79 Å². The van der Waals surface area contributed by atoms with E-state index >= 15 is 0 Å². The topological polar surface area (TPSA) is 20.3 Å². The zero-order valence-corrected chi connectivity index (χ0v) is 7.97. The number of carbonyl (C=O) groups excluding carboxylic acids is 1. The molecule has 0 aromatic heterocycles. The number of halogens is 1. The molecule has 0 N–H and O–H groups in total. The van der Waals surface area contributed by atoms with E-state index in [1.165, 1.54) is 5.56 Å². The molecule has 61 valence electrons. The minimum absolute atomic E-state index is 0.751. The van der Waals surface area contributed by atoms with Crippen molar-refractivity contribution in [3.05, 3.63) is 28.2 Å². The van der Waals surface area contributed by atoms with Crippen molar-refractivity contribution in [3.63, 3.8) is 0 Å². The lowest BCUT2D eigenvalue weighted by molar-refractivity contribution is 0.552. The fourth-order valence-corrected chi connectivity index (χ4v) is 2.04. The number of anilines is 1. The number of hydrogen-bond acceptors (Lipinski definition) is 1. The fraction of sp³-hybridized carbons (Fsp3) is 0.222. The summed E-state index contributed by atoms with van der Waals surface area (Å²) in [5.41, 5.74) is 2.19. The highest BCUT2D eigenvalue weighted by Gasteiger charge is 2.20. The summed E-state index contributed by atoms with van der Waals surface area (Å²) in [6.07, 6.45) is 2.83. The molecule has 1 aromatic carbocycles. The van der Waals surface area contributed by atoms with Crippen LogP contribution in [0.5, 0.6) is 0 Å². The minimum atomic E-state index is 0.751. The van der Waals surface area contributed by atoms with Crippen LogP contribution in [0.2, 0.25) is 0 Å². The van der Waals surface area contributed by atoms with Gasteiger partial charge in [-0.25, -0.2) is 0 Å². The van der Waals surface area contributed by atoms with Crippen molar-refractivity contribution in [3.8, 4) is 0 Å². The highest BCUT2D eigenvalue weighted by molar-refractivity contribution is 9.10. The van der Waals surface area contributed by atoms with Crippen LogP contribution >= 0.6 is 15.9 Å². The van der Waals surface area contributed by atoms with Gasteiger partial charge in [0, 0.05) is 16.7 Å². The van der Waals surface area contributed by atoms with Crippen LogP contribution in [0.25, 0.3) is 0 Å². The second kappa shape index (κ2) is 2.90. The Morgan fingerprint density at radius 3 is 3.08 bits per heavy atom. The van der Waals surface area contributed by atoms with Crippen molar-refractivity contribution in [2.75, 3.05) is 11.4 Å². The molecule has 1 aliphatic heterocycles. The lowest BCUT2D eigenvalue weighted by Crippen LogP contribution is -2.16. The quantitative estimate of drug-likeness (QED) is 0.714. The number of amides is 1. The van der Waals surface area contributed by atoms with E-state index in [-0.39, 0.29) is 0 Å². The zero-order chi connectivity index (χ0) is 8.55. The van der Waals surface area contributed by atoms with Gasteiger partial charge in [0.2, 0.25) is 0 Å². The monoisotopic (exact) mass is 224 g/mol. The molecule has 3 heteroatoms. The van der Waals surface area contributed by atoms with E-state index in [0.717, 1.165) is 23.1 Å². The lowest BCUT2D eigenvalue weighted by Gasteiger charge is -2.07. The Morgan fingerprint density at radius 1 is 1.50 bits per heavy atom. The van der Waals surface area contributed by atoms with Crippen LogP contribution in [0.15, 0.2) is 22.7 Å². The van der Waals surface area contributed by atoms with Crippen LogP contribution in [-0.2, 0) is 11.2 Å². The number of rotatable bonds is 1. The standard InChI is InChI=1S/C9H7BrNO/c10-8-2-1-3-9-7(8)4-5-11(9)6-12/h1-3H,4-5H2. The molecule has 0 atom stereocenters. The van der Waals surface area contributed by atoms with E-state index in [1.807, 2.05) is 24.6 Å². The van der Waals surface area contributed by atoms with Crippen LogP contribution in [0.1, 0.15) is 5.56 Å². The summed E-state index contributed by atoms with van der Waals surface area (Å²) in [4.78, 5) is 12.1. The largest absolute Gasteiger partial charge is 0.316 e. The van der Waals surface area contributed by atoms with Crippen molar-refractivity contribution in [1.29, 1.82) is 0 Å². The average molecular weight is 225 g/mol. The Kier molecular flexibility index (Phi) is 1.89. The molecule has 0 saturated carbocycles. The summed E-state index contributed by atoms with van der Waals surface area (Å²) in [7, 11) is 0. The molecule has 12 heavy (non-hydrogen) atoms. The molecule has 2 rings (SSSR count). The molecule has 1 heterocycles. The molecule has 1 amide bonds. The Bertz CT molecular complexity index is 324. The first-order valence-electron chi connectivity index (χ1n) is 3.75. The predicted octanol–water partition coefficient (Wildman–Crippen LogP) is 1.88. The molecule has 1 aromatic rings. The average Bonchev–Trinajstić information content (AvgIpc) is 2.49. The van der Waals surface area contributed by atoms with E-state index in [4.69, 9.17) is 0 Å². The second-order valence-corrected chi connectivity index (χ2v) is 3.58. The van der Waals surface area contributed by atoms with E-state index in [1.54, 1.807) is 4.90 Å². The van der Waals surface area contributed by atoms with Gasteiger partial charge in [0.05, 0.1) is 0 Å². The maximum Gasteiger partial charge on any atom is 0.316 e. The smallest absolute Gasteiger partial charge is 0.303 e. The van der Waals surface area contributed by atoms with E-state index in [2.05, 4.69) is 15.9 Å². The molecule has 0 spiro atoms. The summed E-state index contributed by atoms with van der Waals surface area (Å²) in [6, 6.07) is 5.86. The van der Waals surface area contributed by atoms with E-state index < -0.39 is 0 Å². The van der Waals surface area contributed by atoms with Crippen LogP contribution in [-0.4, -0.2) is 13.0 Å². The molecule has 2 nitrogen and oxygen atoms in total. The van der Waals surface area contributed by atoms with Crippen LogP contribution in [0.4, 0.5) is 5.69 Å². The highest BCUT2D eigenvalue weighted by atomic mass is 79.9. The maximum absolute atomic E-state index is 10.5. The third kappa shape index (κ3) is 1.05. The lowest BCUT2D eigenvalue weighted by atomic mass is 10.2. The van der Waals surface area contributed by atoms with E-state index in [9.17, 15) is 4.79 Å². The molecule has 0 unspecified atom stereocenters. The molecular weight excluding hydrogens is 218 g/mol. The van der Waals surface area contributed by atoms with Gasteiger partial charge in [0.15, 0.2) is 0 Å². The summed E-state index contributed by atoms with van der Waals surface area (Å²) in [5.74, 6) is 0. The van der Waals surface area contributed by atoms with Gasteiger partial charge in [-0.1, -0.05) is 22.0 Å². The van der Waals surface area contributed by atoms with Crippen molar-refractivity contribution in [2.45, 2.75) is 6.42 Å². The molecule has 1 radical (unpaired) electrons. The van der Waals surface area contributed by atoms with Gasteiger partial charge in [-0.05, 0) is 24.1 Å². The number of hydrogen-bond donors (Lipinski definition) is 0. The molecule has 0 bridgehead atoms. The van der Waals surface area contributed by atoms with Crippen molar-refractivity contribution in [2.24, 2.45) is 0 Å².